The van der Waals surface area contributed by atoms with Crippen molar-refractivity contribution in [3.63, 3.8) is 0 Å². The second kappa shape index (κ2) is 4.46. The summed E-state index contributed by atoms with van der Waals surface area (Å²) >= 11 is 0. The molecule has 0 heteroatoms. The summed E-state index contributed by atoms with van der Waals surface area (Å²) < 4.78 is 0. The molecule has 3 aromatic rings. The minimum atomic E-state index is 0.555. The Bertz CT molecular complexity index is 855. The molecule has 4 rings (SSSR count). The number of benzene rings is 3. The average molecular weight is 272 g/mol. The molecule has 104 valence electrons. The Labute approximate surface area is 126 Å². The summed E-state index contributed by atoms with van der Waals surface area (Å²) in [5, 5.41) is 2.80. The van der Waals surface area contributed by atoms with Crippen LogP contribution in [0.25, 0.3) is 21.9 Å². The maximum absolute atomic E-state index is 2.38. The van der Waals surface area contributed by atoms with E-state index in [9.17, 15) is 0 Å². The summed E-state index contributed by atoms with van der Waals surface area (Å²) in [6.45, 7) is 6.70. The van der Waals surface area contributed by atoms with E-state index in [2.05, 4.69) is 69.3 Å². The van der Waals surface area contributed by atoms with Gasteiger partial charge in [-0.3, -0.25) is 0 Å². The lowest BCUT2D eigenvalue weighted by Gasteiger charge is -2.12. The molecule has 0 fully saturated rings. The van der Waals surface area contributed by atoms with Gasteiger partial charge in [-0.25, -0.2) is 0 Å². The van der Waals surface area contributed by atoms with Crippen molar-refractivity contribution in [2.45, 2.75) is 33.1 Å². The fraction of sp³-hybridized carbons (Fsp3) is 0.238. The lowest BCUT2D eigenvalue weighted by atomic mass is 9.92. The molecule has 21 heavy (non-hydrogen) atoms. The van der Waals surface area contributed by atoms with E-state index in [1.807, 2.05) is 0 Å². The van der Waals surface area contributed by atoms with Crippen LogP contribution >= 0.6 is 0 Å². The summed E-state index contributed by atoms with van der Waals surface area (Å²) in [7, 11) is 0. The summed E-state index contributed by atoms with van der Waals surface area (Å²) in [4.78, 5) is 0. The van der Waals surface area contributed by atoms with Gasteiger partial charge in [0.15, 0.2) is 0 Å². The SMILES string of the molecule is CCC1c2cc(C)ccc2-c2c1ccc1c(C)cccc21. The lowest BCUT2D eigenvalue weighted by Crippen LogP contribution is -1.94. The van der Waals surface area contributed by atoms with Crippen LogP contribution in [0.1, 0.15) is 41.5 Å². The molecule has 1 unspecified atom stereocenters. The Morgan fingerprint density at radius 3 is 2.52 bits per heavy atom. The molecule has 1 aliphatic rings. The van der Waals surface area contributed by atoms with Crippen molar-refractivity contribution in [3.05, 3.63) is 70.8 Å². The monoisotopic (exact) mass is 272 g/mol. The van der Waals surface area contributed by atoms with Gasteiger partial charge in [-0.2, -0.15) is 0 Å². The van der Waals surface area contributed by atoms with Crippen molar-refractivity contribution in [1.82, 2.24) is 0 Å². The van der Waals surface area contributed by atoms with Gasteiger partial charge in [0, 0.05) is 5.92 Å². The molecule has 1 aliphatic carbocycles. The van der Waals surface area contributed by atoms with Gasteiger partial charge in [0.1, 0.15) is 0 Å². The van der Waals surface area contributed by atoms with Crippen molar-refractivity contribution in [3.8, 4) is 11.1 Å². The highest BCUT2D eigenvalue weighted by Crippen LogP contribution is 2.49. The van der Waals surface area contributed by atoms with Crippen molar-refractivity contribution in [2.75, 3.05) is 0 Å². The minimum Gasteiger partial charge on any atom is -0.0645 e. The summed E-state index contributed by atoms with van der Waals surface area (Å²) in [5.41, 5.74) is 8.67. The Balaban J connectivity index is 2.14. The van der Waals surface area contributed by atoms with Crippen molar-refractivity contribution >= 4 is 10.8 Å². The van der Waals surface area contributed by atoms with Crippen LogP contribution in [0.15, 0.2) is 48.5 Å². The van der Waals surface area contributed by atoms with Gasteiger partial charge in [0.25, 0.3) is 0 Å². The van der Waals surface area contributed by atoms with Crippen molar-refractivity contribution < 1.29 is 0 Å². The normalized spacial score (nSPS) is 16.0. The van der Waals surface area contributed by atoms with E-state index >= 15 is 0 Å². The quantitative estimate of drug-likeness (QED) is 0.511. The first-order chi connectivity index (χ1) is 10.2. The van der Waals surface area contributed by atoms with Crippen molar-refractivity contribution in [2.24, 2.45) is 0 Å². The maximum atomic E-state index is 2.38. The Hall–Kier alpha value is -2.08. The molecular weight excluding hydrogens is 252 g/mol. The number of fused-ring (bicyclic) bond motifs is 5. The molecule has 0 spiro atoms. The van der Waals surface area contributed by atoms with E-state index in [0.29, 0.717) is 5.92 Å². The van der Waals surface area contributed by atoms with E-state index in [0.717, 1.165) is 0 Å². The number of hydrogen-bond acceptors (Lipinski definition) is 0. The van der Waals surface area contributed by atoms with Gasteiger partial charge in [0.2, 0.25) is 0 Å². The highest BCUT2D eigenvalue weighted by atomic mass is 14.3. The van der Waals surface area contributed by atoms with Gasteiger partial charge in [-0.15, -0.1) is 0 Å². The Kier molecular flexibility index (Phi) is 2.68. The largest absolute Gasteiger partial charge is 0.0645 e. The van der Waals surface area contributed by atoms with Crippen LogP contribution in [0.4, 0.5) is 0 Å². The zero-order chi connectivity index (χ0) is 14.6. The van der Waals surface area contributed by atoms with E-state index in [1.165, 1.54) is 50.6 Å². The average Bonchev–Trinajstić information content (AvgIpc) is 2.80. The van der Waals surface area contributed by atoms with Crippen LogP contribution in [0.2, 0.25) is 0 Å². The molecule has 0 N–H and O–H groups in total. The molecule has 0 amide bonds. The molecular formula is C21H20. The predicted molar refractivity (Wildman–Crippen MR) is 91.0 cm³/mol. The van der Waals surface area contributed by atoms with E-state index in [-0.39, 0.29) is 0 Å². The zero-order valence-corrected chi connectivity index (χ0v) is 12.9. The van der Waals surface area contributed by atoms with Gasteiger partial charge in [-0.05, 0) is 58.9 Å². The van der Waals surface area contributed by atoms with E-state index in [4.69, 9.17) is 0 Å². The molecule has 0 radical (unpaired) electrons. The minimum absolute atomic E-state index is 0.555. The van der Waals surface area contributed by atoms with Gasteiger partial charge >= 0.3 is 0 Å². The second-order valence-electron chi connectivity index (χ2n) is 6.25. The highest BCUT2D eigenvalue weighted by Gasteiger charge is 2.28. The standard InChI is InChI=1S/C21H20/c1-4-15-18-11-10-16-14(3)6-5-7-17(16)21(18)19-9-8-13(2)12-20(15)19/h5-12,15H,4H2,1-3H3. The first kappa shape index (κ1) is 12.6. The third-order valence-electron chi connectivity index (χ3n) is 4.95. The third-order valence-corrected chi connectivity index (χ3v) is 4.95. The van der Waals surface area contributed by atoms with Crippen LogP contribution in [-0.4, -0.2) is 0 Å². The van der Waals surface area contributed by atoms with Crippen molar-refractivity contribution in [1.29, 1.82) is 0 Å². The summed E-state index contributed by atoms with van der Waals surface area (Å²) in [5.74, 6) is 0.555. The Morgan fingerprint density at radius 2 is 1.71 bits per heavy atom. The van der Waals surface area contributed by atoms with E-state index in [1.54, 1.807) is 0 Å². The molecule has 0 heterocycles. The fourth-order valence-corrected chi connectivity index (χ4v) is 3.93. The maximum Gasteiger partial charge on any atom is 0.00993 e. The van der Waals surface area contributed by atoms with E-state index < -0.39 is 0 Å². The van der Waals surface area contributed by atoms with Gasteiger partial charge in [-0.1, -0.05) is 61.0 Å². The highest BCUT2D eigenvalue weighted by molar-refractivity contribution is 6.03. The molecule has 0 bridgehead atoms. The molecule has 0 aliphatic heterocycles. The van der Waals surface area contributed by atoms with Crippen LogP contribution in [-0.2, 0) is 0 Å². The first-order valence-corrected chi connectivity index (χ1v) is 7.84. The summed E-state index contributed by atoms with van der Waals surface area (Å²) in [6, 6.07) is 18.3. The molecule has 3 aromatic carbocycles. The molecule has 0 nitrogen and oxygen atoms in total. The Morgan fingerprint density at radius 1 is 0.857 bits per heavy atom. The van der Waals surface area contributed by atoms with Gasteiger partial charge in [0.05, 0.1) is 0 Å². The lowest BCUT2D eigenvalue weighted by molar-refractivity contribution is 0.797. The van der Waals surface area contributed by atoms with Gasteiger partial charge < -0.3 is 0 Å². The number of rotatable bonds is 1. The predicted octanol–water partition coefficient (Wildman–Crippen LogP) is 5.98. The fourth-order valence-electron chi connectivity index (χ4n) is 3.93. The van der Waals surface area contributed by atoms with Crippen LogP contribution in [0.3, 0.4) is 0 Å². The second-order valence-corrected chi connectivity index (χ2v) is 6.25. The first-order valence-electron chi connectivity index (χ1n) is 7.84. The van der Waals surface area contributed by atoms with Crippen LogP contribution in [0.5, 0.6) is 0 Å². The third kappa shape index (κ3) is 1.68. The molecule has 0 aromatic heterocycles. The topological polar surface area (TPSA) is 0 Å². The number of hydrogen-bond donors (Lipinski definition) is 0. The van der Waals surface area contributed by atoms with Crippen LogP contribution in [0, 0.1) is 13.8 Å². The van der Waals surface area contributed by atoms with Crippen LogP contribution < -0.4 is 0 Å². The smallest absolute Gasteiger partial charge is 0.00993 e. The zero-order valence-electron chi connectivity index (χ0n) is 12.9. The molecule has 0 saturated heterocycles. The summed E-state index contributed by atoms with van der Waals surface area (Å²) in [6.07, 6.45) is 1.17. The molecule has 0 saturated carbocycles. The number of aryl methyl sites for hydroxylation is 2. The molecule has 1 atom stereocenters.